The number of rotatable bonds is 11. The van der Waals surface area contributed by atoms with Crippen LogP contribution in [0.15, 0.2) is 42.6 Å². The molecule has 4 fully saturated rings. The lowest BCUT2D eigenvalue weighted by molar-refractivity contribution is -0.140. The zero-order valence-electron chi connectivity index (χ0n) is 37.6. The number of ether oxygens (including phenoxy) is 1. The zero-order valence-corrected chi connectivity index (χ0v) is 37.6. The van der Waals surface area contributed by atoms with Crippen LogP contribution >= 0.6 is 0 Å². The van der Waals surface area contributed by atoms with Crippen LogP contribution in [0, 0.1) is 0 Å². The van der Waals surface area contributed by atoms with Crippen molar-refractivity contribution in [3.63, 3.8) is 0 Å². The highest BCUT2D eigenvalue weighted by Crippen LogP contribution is 2.40. The highest BCUT2D eigenvalue weighted by atomic mass is 19.3. The van der Waals surface area contributed by atoms with Gasteiger partial charge < -0.3 is 39.9 Å². The number of benzene rings is 2. The van der Waals surface area contributed by atoms with Crippen LogP contribution in [0.3, 0.4) is 0 Å². The first-order chi connectivity index (χ1) is 32.6. The Morgan fingerprint density at radius 3 is 2.31 bits per heavy atom. The summed E-state index contributed by atoms with van der Waals surface area (Å²) >= 11 is 0. The van der Waals surface area contributed by atoms with Crippen molar-refractivity contribution in [3.05, 3.63) is 59.3 Å². The minimum Gasteiger partial charge on any atom is -0.495 e. The number of piperidine rings is 1. The Morgan fingerprint density at radius 2 is 1.59 bits per heavy atom. The van der Waals surface area contributed by atoms with Crippen LogP contribution in [0.25, 0.3) is 0 Å². The topological polar surface area (TPSA) is 227 Å². The average molecular weight is 940 g/mol. The summed E-state index contributed by atoms with van der Waals surface area (Å²) in [6, 6.07) is 8.04. The molecule has 1 saturated carbocycles. The number of nitrogens with zero attached hydrogens (tertiary/aromatic N) is 8. The number of piperazine rings is 1. The second-order valence-electron chi connectivity index (χ2n) is 17.9. The van der Waals surface area contributed by atoms with Crippen LogP contribution in [0.1, 0.15) is 88.9 Å². The first kappa shape index (κ1) is 45.9. The number of likely N-dealkylation sites (tertiary alicyclic amines) is 1. The molecule has 1 aromatic heterocycles. The molecule has 3 aromatic rings. The number of amides is 8. The van der Waals surface area contributed by atoms with E-state index in [2.05, 4.69) is 25.9 Å². The van der Waals surface area contributed by atoms with Crippen molar-refractivity contribution in [2.45, 2.75) is 81.8 Å². The molecule has 0 bridgehead atoms. The van der Waals surface area contributed by atoms with E-state index in [4.69, 9.17) is 4.74 Å². The van der Waals surface area contributed by atoms with Gasteiger partial charge in [-0.05, 0) is 62.1 Å². The predicted molar refractivity (Wildman–Crippen MR) is 240 cm³/mol. The number of hydrogen-bond acceptors (Lipinski definition) is 14. The molecule has 5 aliphatic heterocycles. The third-order valence-corrected chi connectivity index (χ3v) is 13.7. The van der Waals surface area contributed by atoms with Gasteiger partial charge in [0.25, 0.3) is 23.6 Å². The normalized spacial score (nSPS) is 21.7. The van der Waals surface area contributed by atoms with E-state index in [0.717, 1.165) is 22.6 Å². The van der Waals surface area contributed by atoms with Gasteiger partial charge in [0.05, 0.1) is 36.7 Å². The average Bonchev–Trinajstić information content (AvgIpc) is 4.09. The first-order valence-electron chi connectivity index (χ1n) is 22.8. The third kappa shape index (κ3) is 8.85. The van der Waals surface area contributed by atoms with Crippen molar-refractivity contribution in [1.82, 2.24) is 35.3 Å². The summed E-state index contributed by atoms with van der Waals surface area (Å²) in [7, 11) is 2.72. The van der Waals surface area contributed by atoms with E-state index in [1.807, 2.05) is 4.90 Å². The number of fused-ring (bicyclic) bond motifs is 2. The molecule has 8 amide bonds. The van der Waals surface area contributed by atoms with E-state index in [1.165, 1.54) is 31.3 Å². The van der Waals surface area contributed by atoms with E-state index in [0.29, 0.717) is 63.4 Å². The monoisotopic (exact) mass is 939 g/mol. The van der Waals surface area contributed by atoms with Crippen molar-refractivity contribution in [3.8, 4) is 5.75 Å². The van der Waals surface area contributed by atoms with E-state index >= 15 is 8.78 Å². The number of alkyl halides is 2. The van der Waals surface area contributed by atoms with Gasteiger partial charge in [-0.3, -0.25) is 48.6 Å². The molecule has 358 valence electrons. The Labute approximate surface area is 389 Å². The number of halogens is 2. The zero-order chi connectivity index (χ0) is 48.0. The first-order valence-corrected chi connectivity index (χ1v) is 22.8. The quantitative estimate of drug-likeness (QED) is 0.235. The molecule has 20 nitrogen and oxygen atoms in total. The molecule has 1 unspecified atom stereocenters. The van der Waals surface area contributed by atoms with Gasteiger partial charge in [0.1, 0.15) is 17.5 Å². The van der Waals surface area contributed by atoms with Gasteiger partial charge in [-0.2, -0.15) is 13.8 Å². The number of aromatic nitrogens is 2. The Kier molecular flexibility index (Phi) is 12.4. The highest BCUT2D eigenvalue weighted by Gasteiger charge is 2.49. The van der Waals surface area contributed by atoms with Crippen LogP contribution in [0.4, 0.5) is 37.6 Å². The molecule has 68 heavy (non-hydrogen) atoms. The maximum atomic E-state index is 15.1. The van der Waals surface area contributed by atoms with E-state index in [9.17, 15) is 38.4 Å². The lowest BCUT2D eigenvalue weighted by Crippen LogP contribution is -2.54. The molecular formula is C46H51F2N11O9. The van der Waals surface area contributed by atoms with Crippen LogP contribution in [0.5, 0.6) is 5.75 Å². The third-order valence-electron chi connectivity index (χ3n) is 13.7. The minimum absolute atomic E-state index is 0.00383. The van der Waals surface area contributed by atoms with Crippen molar-refractivity contribution in [1.29, 1.82) is 0 Å². The lowest BCUT2D eigenvalue weighted by atomic mass is 10.0. The van der Waals surface area contributed by atoms with Crippen LogP contribution < -0.4 is 35.4 Å². The van der Waals surface area contributed by atoms with Gasteiger partial charge in [-0.1, -0.05) is 12.8 Å². The fourth-order valence-electron chi connectivity index (χ4n) is 9.93. The van der Waals surface area contributed by atoms with Crippen molar-refractivity contribution < 1.29 is 51.9 Å². The Bertz CT molecular complexity index is 2600. The SMILES string of the molecule is COc1cc(C(=O)N[C@H]2CCN(C(=O)CCC(=O)N3CCN(c4ccc5c(c4)C(=O)N(C4CCC(=O)NC4=O)C5=O)CC3)C2)ccc1Nc1ncc2c(n1)N(C1CCCC1)CC(F)(F)C(=O)N2C. The van der Waals surface area contributed by atoms with Crippen molar-refractivity contribution in [2.75, 3.05) is 80.0 Å². The maximum Gasteiger partial charge on any atom is 0.342 e. The van der Waals surface area contributed by atoms with Gasteiger partial charge in [0, 0.05) is 88.9 Å². The van der Waals surface area contributed by atoms with E-state index < -0.39 is 48.0 Å². The molecule has 3 saturated heterocycles. The van der Waals surface area contributed by atoms with Gasteiger partial charge >= 0.3 is 5.92 Å². The van der Waals surface area contributed by atoms with Crippen molar-refractivity contribution >= 4 is 76.1 Å². The smallest absolute Gasteiger partial charge is 0.342 e. The summed E-state index contributed by atoms with van der Waals surface area (Å²) in [4.78, 5) is 121. The molecule has 6 heterocycles. The summed E-state index contributed by atoms with van der Waals surface area (Å²) in [6.07, 6.45) is 5.14. The minimum atomic E-state index is -3.61. The fourth-order valence-corrected chi connectivity index (χ4v) is 9.93. The Morgan fingerprint density at radius 1 is 0.868 bits per heavy atom. The van der Waals surface area contributed by atoms with Gasteiger partial charge in [-0.15, -0.1) is 0 Å². The van der Waals surface area contributed by atoms with Crippen LogP contribution in [0.2, 0.25) is 0 Å². The molecule has 22 heteroatoms. The standard InChI is InChI=1S/C46H51F2N11O9/c1-54-34-23-49-45(53-39(34)58(28-5-3-4-6-28)25-46(47,48)44(54)67)51-32-10-7-26(21-35(32)68-2)40(63)50-27-15-16-57(24-27)38(62)14-13-37(61)56-19-17-55(18-20-56)29-8-9-30-31(22-29)43(66)59(42(30)65)33-11-12-36(60)52-41(33)64/h7-10,21-23,27-28,33H,3-6,11-20,24-25H2,1-2H3,(H,50,63)(H,49,51,53)(H,52,60,64)/t27-,33?/m0/s1. The molecule has 1 aliphatic carbocycles. The van der Waals surface area contributed by atoms with Crippen LogP contribution in [-0.4, -0.2) is 156 Å². The van der Waals surface area contributed by atoms with Gasteiger partial charge in [0.2, 0.25) is 29.6 Å². The molecule has 0 radical (unpaired) electrons. The Hall–Kier alpha value is -7.26. The maximum absolute atomic E-state index is 15.1. The number of nitrogens with one attached hydrogen (secondary N) is 3. The number of imide groups is 2. The second-order valence-corrected chi connectivity index (χ2v) is 17.9. The highest BCUT2D eigenvalue weighted by molar-refractivity contribution is 6.23. The Balaban J connectivity index is 0.744. The molecule has 2 aromatic carbocycles. The summed E-state index contributed by atoms with van der Waals surface area (Å²) in [6.45, 7) is 1.55. The summed E-state index contributed by atoms with van der Waals surface area (Å²) in [5.74, 6) is -7.40. The molecule has 2 atom stereocenters. The number of carbonyl (C=O) groups excluding carboxylic acids is 8. The fraction of sp³-hybridized carbons (Fsp3) is 0.478. The summed E-state index contributed by atoms with van der Waals surface area (Å²) in [5.41, 5.74) is 1.93. The summed E-state index contributed by atoms with van der Waals surface area (Å²) < 4.78 is 35.7. The second kappa shape index (κ2) is 18.4. The van der Waals surface area contributed by atoms with Crippen LogP contribution in [-0.2, 0) is 24.0 Å². The van der Waals surface area contributed by atoms with E-state index in [1.54, 1.807) is 40.1 Å². The number of methoxy groups -OCH3 is 1. The van der Waals surface area contributed by atoms with E-state index in [-0.39, 0.29) is 102 Å². The largest absolute Gasteiger partial charge is 0.495 e. The summed E-state index contributed by atoms with van der Waals surface area (Å²) in [5, 5.41) is 8.25. The van der Waals surface area contributed by atoms with Crippen molar-refractivity contribution in [2.24, 2.45) is 0 Å². The predicted octanol–water partition coefficient (Wildman–Crippen LogP) is 2.45. The molecule has 3 N–H and O–H groups in total. The number of hydrogen-bond donors (Lipinski definition) is 3. The number of anilines is 5. The molecule has 0 spiro atoms. The molecule has 6 aliphatic rings. The molecule has 9 rings (SSSR count). The van der Waals surface area contributed by atoms with Gasteiger partial charge in [-0.25, -0.2) is 4.98 Å². The lowest BCUT2D eigenvalue weighted by Gasteiger charge is -2.36. The molecular weight excluding hydrogens is 889 g/mol. The number of carbonyl (C=O) groups is 8. The van der Waals surface area contributed by atoms with Gasteiger partial charge in [0.15, 0.2) is 5.82 Å².